The van der Waals surface area contributed by atoms with Gasteiger partial charge in [-0.15, -0.1) is 0 Å². The number of non-ortho nitro benzene ring substituents is 1. The summed E-state index contributed by atoms with van der Waals surface area (Å²) in [5.41, 5.74) is -2.51. The maximum atomic E-state index is 13.3. The molecule has 0 fully saturated rings. The number of nitro benzene ring substituents is 1. The number of thioether (sulfide) groups is 1. The highest BCUT2D eigenvalue weighted by atomic mass is 32.2. The van der Waals surface area contributed by atoms with Crippen LogP contribution in [0, 0.1) is 10.1 Å². The molecule has 0 unspecified atom stereocenters. The van der Waals surface area contributed by atoms with Crippen molar-refractivity contribution in [1.29, 1.82) is 0 Å². The third kappa shape index (κ3) is 4.85. The van der Waals surface area contributed by atoms with Gasteiger partial charge < -0.3 is 5.32 Å². The average molecular weight is 452 g/mol. The zero-order chi connectivity index (χ0) is 22.8. The number of carbonyl (C=O) groups is 1. The summed E-state index contributed by atoms with van der Waals surface area (Å²) in [5, 5.41) is 13.6. The summed E-state index contributed by atoms with van der Waals surface area (Å²) in [6.45, 7) is 2.02. The topological polar surface area (TPSA) is 107 Å². The van der Waals surface area contributed by atoms with E-state index >= 15 is 0 Å². The molecule has 3 rings (SSSR count). The van der Waals surface area contributed by atoms with E-state index in [1.54, 1.807) is 31.2 Å². The fourth-order valence-electron chi connectivity index (χ4n) is 2.84. The molecule has 0 radical (unpaired) electrons. The molecule has 162 valence electrons. The number of carbonyl (C=O) groups excluding carboxylic acids is 1. The lowest BCUT2D eigenvalue weighted by Gasteiger charge is -2.14. The molecule has 0 aliphatic carbocycles. The lowest BCUT2D eigenvalue weighted by molar-refractivity contribution is -0.385. The van der Waals surface area contributed by atoms with Gasteiger partial charge in [-0.05, 0) is 25.1 Å². The van der Waals surface area contributed by atoms with Gasteiger partial charge in [0.1, 0.15) is 0 Å². The van der Waals surface area contributed by atoms with Gasteiger partial charge in [0.2, 0.25) is 5.91 Å². The molecule has 0 bridgehead atoms. The molecule has 0 saturated heterocycles. The number of nitrogens with zero attached hydrogens (tertiary/aromatic N) is 3. The van der Waals surface area contributed by atoms with Crippen molar-refractivity contribution in [3.63, 3.8) is 0 Å². The van der Waals surface area contributed by atoms with E-state index in [0.29, 0.717) is 23.5 Å². The van der Waals surface area contributed by atoms with E-state index in [0.717, 1.165) is 23.9 Å². The highest BCUT2D eigenvalue weighted by Gasteiger charge is 2.35. The summed E-state index contributed by atoms with van der Waals surface area (Å²) in [5.74, 6) is -1.10. The van der Waals surface area contributed by atoms with E-state index in [2.05, 4.69) is 10.3 Å². The van der Waals surface area contributed by atoms with Gasteiger partial charge in [0.15, 0.2) is 5.16 Å². The first-order valence-electron chi connectivity index (χ1n) is 8.89. The molecule has 0 spiro atoms. The van der Waals surface area contributed by atoms with Crippen LogP contribution in [0.2, 0.25) is 0 Å². The number of para-hydroxylation sites is 1. The number of rotatable bonds is 6. The third-order valence-electron chi connectivity index (χ3n) is 4.27. The Hall–Kier alpha value is -3.41. The van der Waals surface area contributed by atoms with Crippen LogP contribution in [0.15, 0.2) is 52.4 Å². The van der Waals surface area contributed by atoms with E-state index in [1.165, 1.54) is 4.57 Å². The van der Waals surface area contributed by atoms with Crippen molar-refractivity contribution in [3.05, 3.63) is 68.5 Å². The normalized spacial score (nSPS) is 11.5. The monoisotopic (exact) mass is 452 g/mol. The molecular weight excluding hydrogens is 437 g/mol. The molecule has 2 aromatic carbocycles. The van der Waals surface area contributed by atoms with E-state index < -0.39 is 33.9 Å². The largest absolute Gasteiger partial charge is 0.418 e. The zero-order valence-corrected chi connectivity index (χ0v) is 16.8. The predicted octanol–water partition coefficient (Wildman–Crippen LogP) is 4.07. The number of nitro groups is 1. The summed E-state index contributed by atoms with van der Waals surface area (Å²) >= 11 is 0.900. The molecule has 1 aromatic heterocycles. The number of fused-ring (bicyclic) bond motifs is 1. The number of alkyl halides is 3. The maximum Gasteiger partial charge on any atom is 0.418 e. The minimum absolute atomic E-state index is 0.251. The Morgan fingerprint density at radius 2 is 1.97 bits per heavy atom. The zero-order valence-electron chi connectivity index (χ0n) is 16.0. The number of hydrogen-bond acceptors (Lipinski definition) is 6. The van der Waals surface area contributed by atoms with Crippen LogP contribution in [0.25, 0.3) is 10.9 Å². The van der Waals surface area contributed by atoms with E-state index in [4.69, 9.17) is 0 Å². The Morgan fingerprint density at radius 1 is 1.26 bits per heavy atom. The Labute approximate surface area is 177 Å². The van der Waals surface area contributed by atoms with Gasteiger partial charge in [-0.25, -0.2) is 4.98 Å². The average Bonchev–Trinajstić information content (AvgIpc) is 2.71. The van der Waals surface area contributed by atoms with Crippen LogP contribution in [0.1, 0.15) is 12.5 Å². The first-order valence-corrected chi connectivity index (χ1v) is 9.88. The van der Waals surface area contributed by atoms with Crippen molar-refractivity contribution in [2.24, 2.45) is 0 Å². The van der Waals surface area contributed by atoms with Crippen molar-refractivity contribution >= 4 is 39.9 Å². The third-order valence-corrected chi connectivity index (χ3v) is 5.25. The van der Waals surface area contributed by atoms with Gasteiger partial charge in [-0.1, -0.05) is 23.9 Å². The predicted molar refractivity (Wildman–Crippen MR) is 109 cm³/mol. The second-order valence-corrected chi connectivity index (χ2v) is 7.23. The quantitative estimate of drug-likeness (QED) is 0.261. The van der Waals surface area contributed by atoms with Gasteiger partial charge in [0.25, 0.3) is 11.2 Å². The van der Waals surface area contributed by atoms with Crippen molar-refractivity contribution in [2.75, 3.05) is 11.1 Å². The smallest absolute Gasteiger partial charge is 0.325 e. The number of anilines is 1. The van der Waals surface area contributed by atoms with Crippen LogP contribution < -0.4 is 10.9 Å². The van der Waals surface area contributed by atoms with Crippen LogP contribution in [0.3, 0.4) is 0 Å². The second kappa shape index (κ2) is 8.76. The number of aromatic nitrogens is 2. The summed E-state index contributed by atoms with van der Waals surface area (Å²) in [6, 6.07) is 8.76. The van der Waals surface area contributed by atoms with Crippen molar-refractivity contribution in [3.8, 4) is 0 Å². The second-order valence-electron chi connectivity index (χ2n) is 6.28. The maximum absolute atomic E-state index is 13.3. The molecule has 1 N–H and O–H groups in total. The standard InChI is InChI=1S/C19H15F3N4O4S/c1-2-25-17(28)12-5-3-4-6-14(12)24-18(25)31-10-16(27)23-15-8-7-11(26(29)30)9-13(15)19(20,21)22/h3-9H,2,10H2,1H3,(H,23,27). The Kier molecular flexibility index (Phi) is 6.29. The molecule has 0 saturated carbocycles. The molecule has 1 amide bonds. The van der Waals surface area contributed by atoms with Gasteiger partial charge >= 0.3 is 6.18 Å². The summed E-state index contributed by atoms with van der Waals surface area (Å²) in [6.07, 6.45) is -4.90. The Morgan fingerprint density at radius 3 is 2.61 bits per heavy atom. The van der Waals surface area contributed by atoms with E-state index in [-0.39, 0.29) is 16.5 Å². The number of benzene rings is 2. The SMILES string of the molecule is CCn1c(SCC(=O)Nc2ccc([N+](=O)[O-])cc2C(F)(F)F)nc2ccccc2c1=O. The van der Waals surface area contributed by atoms with E-state index in [9.17, 15) is 32.9 Å². The van der Waals surface area contributed by atoms with Crippen molar-refractivity contribution in [2.45, 2.75) is 24.8 Å². The Bertz CT molecular complexity index is 1230. The molecule has 0 atom stereocenters. The lowest BCUT2D eigenvalue weighted by Crippen LogP contribution is -2.23. The number of nitrogens with one attached hydrogen (secondary N) is 1. The minimum Gasteiger partial charge on any atom is -0.325 e. The van der Waals surface area contributed by atoms with Gasteiger partial charge in [-0.2, -0.15) is 13.2 Å². The van der Waals surface area contributed by atoms with Crippen LogP contribution in [-0.4, -0.2) is 26.1 Å². The number of halogens is 3. The summed E-state index contributed by atoms with van der Waals surface area (Å²) in [4.78, 5) is 39.0. The van der Waals surface area contributed by atoms with Gasteiger partial charge in [0, 0.05) is 18.7 Å². The summed E-state index contributed by atoms with van der Waals surface area (Å²) < 4.78 is 41.1. The fourth-order valence-corrected chi connectivity index (χ4v) is 3.71. The molecule has 12 heteroatoms. The first kappa shape index (κ1) is 22.3. The van der Waals surface area contributed by atoms with E-state index in [1.807, 2.05) is 0 Å². The van der Waals surface area contributed by atoms with Gasteiger partial charge in [-0.3, -0.25) is 24.3 Å². The van der Waals surface area contributed by atoms with Gasteiger partial charge in [0.05, 0.1) is 32.8 Å². The highest BCUT2D eigenvalue weighted by molar-refractivity contribution is 7.99. The first-order chi connectivity index (χ1) is 14.6. The van der Waals surface area contributed by atoms with Crippen LogP contribution >= 0.6 is 11.8 Å². The number of hydrogen-bond donors (Lipinski definition) is 1. The fraction of sp³-hybridized carbons (Fsp3) is 0.211. The molecule has 0 aliphatic heterocycles. The molecule has 31 heavy (non-hydrogen) atoms. The highest BCUT2D eigenvalue weighted by Crippen LogP contribution is 2.37. The molecular formula is C19H15F3N4O4S. The Balaban J connectivity index is 1.83. The number of amides is 1. The lowest BCUT2D eigenvalue weighted by atomic mass is 10.1. The van der Waals surface area contributed by atoms with Crippen molar-refractivity contribution in [1.82, 2.24) is 9.55 Å². The van der Waals surface area contributed by atoms with Crippen LogP contribution in [0.4, 0.5) is 24.5 Å². The molecule has 0 aliphatic rings. The summed E-state index contributed by atoms with van der Waals surface area (Å²) in [7, 11) is 0. The van der Waals surface area contributed by atoms with Crippen LogP contribution in [-0.2, 0) is 17.5 Å². The molecule has 3 aromatic rings. The minimum atomic E-state index is -4.90. The molecule has 8 nitrogen and oxygen atoms in total. The van der Waals surface area contributed by atoms with Crippen LogP contribution in [0.5, 0.6) is 0 Å². The molecule has 1 heterocycles. The van der Waals surface area contributed by atoms with Crippen molar-refractivity contribution < 1.29 is 22.9 Å².